The minimum atomic E-state index is -0.516. The van der Waals surface area contributed by atoms with Crippen LogP contribution < -0.4 is 0 Å². The molecule has 4 nitrogen and oxygen atoms in total. The van der Waals surface area contributed by atoms with E-state index in [9.17, 15) is 4.79 Å². The van der Waals surface area contributed by atoms with Crippen molar-refractivity contribution in [1.82, 2.24) is 5.16 Å². The standard InChI is InChI=1S/C16H17NO3.3C3H8.C2H6/c1-5-13(8-7-12(3)4)9-10-14-11-15(17-20-14)16(18)19-6-2;3*1-3-2;1-2/h5,7-8,11H,3,6H2,1-2,4H3;3*3H2,1-2H3;1-2H3/b8-7-,13-5+;;;;. The molecule has 0 aromatic carbocycles. The smallest absolute Gasteiger partial charge is 0.360 e. The van der Waals surface area contributed by atoms with Crippen molar-refractivity contribution in [3.63, 3.8) is 0 Å². The highest BCUT2D eigenvalue weighted by Gasteiger charge is 2.11. The number of allylic oxidation sites excluding steroid dienone is 5. The van der Waals surface area contributed by atoms with Gasteiger partial charge in [0.05, 0.1) is 6.61 Å². The SMILES string of the molecule is C=C(C)/C=C\C(C#Cc1cc(C(=O)OCC)no1)=C/C.CC.CCC.CCC.CCC. The zero-order valence-corrected chi connectivity index (χ0v) is 22.0. The van der Waals surface area contributed by atoms with E-state index in [1.54, 1.807) is 6.92 Å². The Balaban J connectivity index is -0.000000279. The van der Waals surface area contributed by atoms with Gasteiger partial charge in [-0.15, -0.1) is 0 Å². The number of carbonyl (C=O) groups excluding carboxylic acids is 1. The monoisotopic (exact) mass is 433 g/mol. The summed E-state index contributed by atoms with van der Waals surface area (Å²) in [6, 6.07) is 1.46. The maximum Gasteiger partial charge on any atom is 0.360 e. The van der Waals surface area contributed by atoms with E-state index in [0.717, 1.165) is 11.1 Å². The summed E-state index contributed by atoms with van der Waals surface area (Å²) >= 11 is 0. The van der Waals surface area contributed by atoms with Crippen molar-refractivity contribution in [2.45, 2.75) is 95.4 Å². The third-order valence-corrected chi connectivity index (χ3v) is 2.18. The molecular weight excluding hydrogens is 386 g/mol. The molecule has 0 radical (unpaired) electrons. The van der Waals surface area contributed by atoms with Crippen molar-refractivity contribution in [3.05, 3.63) is 53.5 Å². The quantitative estimate of drug-likeness (QED) is 0.271. The Hall–Kier alpha value is -2.54. The summed E-state index contributed by atoms with van der Waals surface area (Å²) in [6.07, 6.45) is 9.35. The van der Waals surface area contributed by atoms with E-state index in [4.69, 9.17) is 9.26 Å². The molecule has 4 heteroatoms. The first kappa shape index (κ1) is 35.9. The first-order valence-electron chi connectivity index (χ1n) is 11.5. The molecule has 31 heavy (non-hydrogen) atoms. The van der Waals surface area contributed by atoms with Crippen LogP contribution in [-0.4, -0.2) is 17.7 Å². The van der Waals surface area contributed by atoms with Gasteiger partial charge in [-0.05, 0) is 32.8 Å². The minimum absolute atomic E-state index is 0.121. The van der Waals surface area contributed by atoms with E-state index in [-0.39, 0.29) is 5.69 Å². The molecule has 0 bridgehead atoms. The Morgan fingerprint density at radius 1 is 1.06 bits per heavy atom. The fourth-order valence-corrected chi connectivity index (χ4v) is 1.21. The maximum atomic E-state index is 11.4. The molecule has 1 heterocycles. The molecule has 1 aromatic heterocycles. The van der Waals surface area contributed by atoms with Gasteiger partial charge < -0.3 is 9.26 Å². The van der Waals surface area contributed by atoms with Gasteiger partial charge in [-0.25, -0.2) is 4.79 Å². The Labute approximate surface area is 192 Å². The number of rotatable bonds is 4. The molecule has 0 N–H and O–H groups in total. The lowest BCUT2D eigenvalue weighted by molar-refractivity contribution is 0.0514. The van der Waals surface area contributed by atoms with Crippen molar-refractivity contribution >= 4 is 5.97 Å². The van der Waals surface area contributed by atoms with Crippen LogP contribution in [0.15, 0.2) is 46.5 Å². The van der Waals surface area contributed by atoms with Crippen LogP contribution >= 0.6 is 0 Å². The summed E-state index contributed by atoms with van der Waals surface area (Å²) in [4.78, 5) is 11.4. The van der Waals surface area contributed by atoms with Crippen LogP contribution in [0.25, 0.3) is 0 Å². The summed E-state index contributed by atoms with van der Waals surface area (Å²) in [5.41, 5.74) is 1.88. The van der Waals surface area contributed by atoms with Crippen molar-refractivity contribution < 1.29 is 14.1 Å². The molecule has 0 aliphatic carbocycles. The lowest BCUT2D eigenvalue weighted by Crippen LogP contribution is -2.04. The van der Waals surface area contributed by atoms with Crippen LogP contribution in [0.3, 0.4) is 0 Å². The molecule has 0 saturated carbocycles. The van der Waals surface area contributed by atoms with Crippen LogP contribution in [0.2, 0.25) is 0 Å². The molecule has 0 spiro atoms. The predicted octanol–water partition coefficient (Wildman–Crippen LogP) is 8.56. The van der Waals surface area contributed by atoms with Gasteiger partial charge in [-0.1, -0.05) is 110 Å². The number of aromatic nitrogens is 1. The van der Waals surface area contributed by atoms with Crippen molar-refractivity contribution in [3.8, 4) is 11.8 Å². The molecule has 1 rings (SSSR count). The van der Waals surface area contributed by atoms with Crippen molar-refractivity contribution in [2.24, 2.45) is 0 Å². The first-order chi connectivity index (χ1) is 14.8. The fraction of sp³-hybridized carbons (Fsp3) is 0.556. The third-order valence-electron chi connectivity index (χ3n) is 2.18. The molecule has 0 atom stereocenters. The first-order valence-corrected chi connectivity index (χ1v) is 11.5. The van der Waals surface area contributed by atoms with Crippen LogP contribution in [0, 0.1) is 11.8 Å². The number of hydrogen-bond acceptors (Lipinski definition) is 4. The second-order valence-electron chi connectivity index (χ2n) is 6.09. The van der Waals surface area contributed by atoms with E-state index in [2.05, 4.69) is 65.1 Å². The van der Waals surface area contributed by atoms with E-state index < -0.39 is 5.97 Å². The van der Waals surface area contributed by atoms with Crippen LogP contribution in [0.1, 0.15) is 112 Å². The number of hydrogen-bond donors (Lipinski definition) is 0. The Morgan fingerprint density at radius 3 is 1.94 bits per heavy atom. The van der Waals surface area contributed by atoms with Gasteiger partial charge in [0.1, 0.15) is 0 Å². The van der Waals surface area contributed by atoms with E-state index in [0.29, 0.717) is 12.4 Å². The zero-order chi connectivity index (χ0) is 25.1. The predicted molar refractivity (Wildman–Crippen MR) is 136 cm³/mol. The van der Waals surface area contributed by atoms with Gasteiger partial charge in [-0.3, -0.25) is 0 Å². The highest BCUT2D eigenvalue weighted by atomic mass is 16.5. The van der Waals surface area contributed by atoms with Crippen LogP contribution in [0.4, 0.5) is 0 Å². The number of ether oxygens (including phenoxy) is 1. The van der Waals surface area contributed by atoms with E-state index in [1.165, 1.54) is 25.3 Å². The van der Waals surface area contributed by atoms with Crippen molar-refractivity contribution in [2.75, 3.05) is 6.61 Å². The summed E-state index contributed by atoms with van der Waals surface area (Å²) in [6.45, 7) is 26.3. The van der Waals surface area contributed by atoms with Gasteiger partial charge in [0.25, 0.3) is 0 Å². The minimum Gasteiger partial charge on any atom is -0.461 e. The van der Waals surface area contributed by atoms with Gasteiger partial charge in [0.15, 0.2) is 5.69 Å². The summed E-state index contributed by atoms with van der Waals surface area (Å²) < 4.78 is 9.77. The number of nitrogens with zero attached hydrogens (tertiary/aromatic N) is 1. The normalized spacial score (nSPS) is 9.06. The largest absolute Gasteiger partial charge is 0.461 e. The number of carbonyl (C=O) groups is 1. The van der Waals surface area contributed by atoms with E-state index >= 15 is 0 Å². The van der Waals surface area contributed by atoms with Gasteiger partial charge >= 0.3 is 5.97 Å². The van der Waals surface area contributed by atoms with Crippen molar-refractivity contribution in [1.29, 1.82) is 0 Å². The summed E-state index contributed by atoms with van der Waals surface area (Å²) in [7, 11) is 0. The van der Waals surface area contributed by atoms with Gasteiger partial charge in [-0.2, -0.15) is 0 Å². The Morgan fingerprint density at radius 2 is 1.55 bits per heavy atom. The number of esters is 1. The second-order valence-corrected chi connectivity index (χ2v) is 6.09. The molecule has 0 fully saturated rings. The molecular formula is C27H47NO3. The van der Waals surface area contributed by atoms with E-state index in [1.807, 2.05) is 45.9 Å². The highest BCUT2D eigenvalue weighted by molar-refractivity contribution is 5.87. The molecule has 0 aliphatic rings. The van der Waals surface area contributed by atoms with Crippen LogP contribution in [0.5, 0.6) is 0 Å². The third kappa shape index (κ3) is 27.5. The zero-order valence-electron chi connectivity index (χ0n) is 22.0. The van der Waals surface area contributed by atoms with Crippen LogP contribution in [-0.2, 0) is 4.74 Å². The Kier molecular flexibility index (Phi) is 34.3. The molecule has 0 aliphatic heterocycles. The summed E-state index contributed by atoms with van der Waals surface area (Å²) in [5.74, 6) is 5.52. The second kappa shape index (κ2) is 29.7. The molecule has 0 unspecified atom stereocenters. The molecule has 1 aromatic rings. The lowest BCUT2D eigenvalue weighted by Gasteiger charge is -1.94. The highest BCUT2D eigenvalue weighted by Crippen LogP contribution is 2.05. The fourth-order valence-electron chi connectivity index (χ4n) is 1.21. The average Bonchev–Trinajstić information content (AvgIpc) is 3.21. The molecule has 0 saturated heterocycles. The maximum absolute atomic E-state index is 11.4. The Bertz CT molecular complexity index is 651. The molecule has 0 amide bonds. The lowest BCUT2D eigenvalue weighted by atomic mass is 10.2. The topological polar surface area (TPSA) is 52.3 Å². The molecule has 178 valence electrons. The van der Waals surface area contributed by atoms with Gasteiger partial charge in [0, 0.05) is 11.6 Å². The summed E-state index contributed by atoms with van der Waals surface area (Å²) in [5, 5.41) is 3.61. The average molecular weight is 434 g/mol. The van der Waals surface area contributed by atoms with Gasteiger partial charge in [0.2, 0.25) is 5.76 Å².